The molecular formula is C29H30BrO3P. The van der Waals surface area contributed by atoms with Crippen molar-refractivity contribution in [1.29, 1.82) is 0 Å². The maximum absolute atomic E-state index is 11.2. The molecule has 34 heavy (non-hydrogen) atoms. The fourth-order valence-electron chi connectivity index (χ4n) is 3.15. The molecule has 0 aliphatic rings. The molecule has 3 nitrogen and oxygen atoms in total. The minimum atomic E-state index is -0.338. The van der Waals surface area contributed by atoms with Gasteiger partial charge in [0.05, 0.1) is 18.1 Å². The number of carbonyl (C=O) groups excluding carboxylic acids is 1. The molecule has 4 rings (SSSR count). The second-order valence-corrected chi connectivity index (χ2v) is 8.77. The molecule has 0 saturated heterocycles. The standard InChI is InChI=1S/C17H19O3P.C12H10.BrH/c1-2-19-17(18)12-20-15-10-8-14(9-11-15)13-21-16-6-4-3-5-7-16;1-3-7-11(8-4-1)12-9-5-2-6-10-12;/h3-11,21H,2,12-13H2,1H3;1-10H;1H. The lowest BCUT2D eigenvalue weighted by atomic mass is 10.1. The molecule has 0 saturated carbocycles. The summed E-state index contributed by atoms with van der Waals surface area (Å²) in [7, 11) is 0.246. The van der Waals surface area contributed by atoms with E-state index >= 15 is 0 Å². The van der Waals surface area contributed by atoms with Crippen molar-refractivity contribution in [3.63, 3.8) is 0 Å². The summed E-state index contributed by atoms with van der Waals surface area (Å²) in [6, 6.07) is 39.2. The molecule has 5 heteroatoms. The van der Waals surface area contributed by atoms with Crippen molar-refractivity contribution in [2.24, 2.45) is 0 Å². The van der Waals surface area contributed by atoms with E-state index in [1.54, 1.807) is 6.92 Å². The quantitative estimate of drug-likeness (QED) is 0.256. The Morgan fingerprint density at radius 1 is 0.706 bits per heavy atom. The average molecular weight is 537 g/mol. The van der Waals surface area contributed by atoms with Gasteiger partial charge in [-0.15, -0.1) is 0 Å². The van der Waals surface area contributed by atoms with Gasteiger partial charge in [-0.1, -0.05) is 91.0 Å². The fourth-order valence-corrected chi connectivity index (χ4v) is 4.39. The van der Waals surface area contributed by atoms with E-state index < -0.39 is 0 Å². The normalized spacial score (nSPS) is 10.0. The summed E-state index contributed by atoms with van der Waals surface area (Å²) in [5.74, 6) is 0.358. The third-order valence-corrected chi connectivity index (χ3v) is 6.37. The van der Waals surface area contributed by atoms with Gasteiger partial charge in [-0.25, -0.2) is 4.79 Å². The zero-order valence-corrected chi connectivity index (χ0v) is 22.0. The van der Waals surface area contributed by atoms with Crippen LogP contribution in [0.25, 0.3) is 11.1 Å². The molecule has 0 spiro atoms. The maximum atomic E-state index is 11.2. The Morgan fingerprint density at radius 2 is 1.21 bits per heavy atom. The van der Waals surface area contributed by atoms with E-state index in [1.807, 2.05) is 30.3 Å². The highest BCUT2D eigenvalue weighted by atomic mass is 79.9. The maximum Gasteiger partial charge on any atom is 0.344 e. The van der Waals surface area contributed by atoms with Crippen molar-refractivity contribution in [2.75, 3.05) is 13.2 Å². The van der Waals surface area contributed by atoms with Crippen LogP contribution >= 0.6 is 8.58 Å². The first-order chi connectivity index (χ1) is 16.2. The topological polar surface area (TPSA) is 35.5 Å². The van der Waals surface area contributed by atoms with Gasteiger partial charge in [0, 0.05) is 8.58 Å². The average Bonchev–Trinajstić information content (AvgIpc) is 2.89. The first-order valence-electron chi connectivity index (χ1n) is 11.1. The summed E-state index contributed by atoms with van der Waals surface area (Å²) in [6.45, 7) is 2.12. The molecule has 4 aromatic rings. The Bertz CT molecular complexity index is 1040. The number of esters is 1. The second kappa shape index (κ2) is 15.8. The summed E-state index contributed by atoms with van der Waals surface area (Å²) in [5.41, 5.74) is 3.84. The number of hydrogen-bond donors (Lipinski definition) is 0. The predicted molar refractivity (Wildman–Crippen MR) is 140 cm³/mol. The molecular weight excluding hydrogens is 507 g/mol. The van der Waals surface area contributed by atoms with Crippen LogP contribution in [0, 0.1) is 0 Å². The molecule has 176 valence electrons. The number of hydrogen-bond acceptors (Lipinski definition) is 3. The SMILES string of the molecule is CCOC(=O)COc1ccc(C[PH2+]c2ccccc2)cc1.[Br-].c1ccc(-c2ccccc2)cc1. The van der Waals surface area contributed by atoms with Gasteiger partial charge in [-0.05, 0) is 47.9 Å². The highest BCUT2D eigenvalue weighted by Crippen LogP contribution is 2.20. The van der Waals surface area contributed by atoms with Crippen LogP contribution in [-0.4, -0.2) is 19.2 Å². The van der Waals surface area contributed by atoms with Crippen molar-refractivity contribution in [1.82, 2.24) is 0 Å². The lowest BCUT2D eigenvalue weighted by molar-refractivity contribution is -0.145. The van der Waals surface area contributed by atoms with Crippen molar-refractivity contribution in [2.45, 2.75) is 13.1 Å². The van der Waals surface area contributed by atoms with Gasteiger partial charge in [-0.2, -0.15) is 0 Å². The van der Waals surface area contributed by atoms with Crippen LogP contribution in [0.4, 0.5) is 0 Å². The van der Waals surface area contributed by atoms with Crippen LogP contribution < -0.4 is 27.0 Å². The molecule has 0 fully saturated rings. The first kappa shape index (κ1) is 27.3. The van der Waals surface area contributed by atoms with Crippen LogP contribution in [-0.2, 0) is 15.7 Å². The first-order valence-corrected chi connectivity index (χ1v) is 12.5. The number of carbonyl (C=O) groups is 1. The molecule has 0 radical (unpaired) electrons. The van der Waals surface area contributed by atoms with Crippen molar-refractivity contribution >= 4 is 19.9 Å². The van der Waals surface area contributed by atoms with Crippen LogP contribution in [0.1, 0.15) is 12.5 Å². The molecule has 0 aromatic heterocycles. The highest BCUT2D eigenvalue weighted by Gasteiger charge is 2.05. The van der Waals surface area contributed by atoms with Gasteiger partial charge in [0.2, 0.25) is 0 Å². The lowest BCUT2D eigenvalue weighted by Crippen LogP contribution is -3.00. The fraction of sp³-hybridized carbons (Fsp3) is 0.138. The van der Waals surface area contributed by atoms with E-state index in [2.05, 4.69) is 84.9 Å². The van der Waals surface area contributed by atoms with Crippen LogP contribution in [0.2, 0.25) is 0 Å². The molecule has 0 bridgehead atoms. The third kappa shape index (κ3) is 9.91. The van der Waals surface area contributed by atoms with Gasteiger partial charge in [0.15, 0.2) is 6.61 Å². The van der Waals surface area contributed by atoms with Gasteiger partial charge < -0.3 is 26.5 Å². The summed E-state index contributed by atoms with van der Waals surface area (Å²) < 4.78 is 10.2. The smallest absolute Gasteiger partial charge is 0.344 e. The summed E-state index contributed by atoms with van der Waals surface area (Å²) >= 11 is 0. The summed E-state index contributed by atoms with van der Waals surface area (Å²) in [4.78, 5) is 11.2. The Balaban J connectivity index is 0.000000266. The molecule has 0 aliphatic carbocycles. The van der Waals surface area contributed by atoms with E-state index in [-0.39, 0.29) is 38.1 Å². The van der Waals surface area contributed by atoms with E-state index in [1.165, 1.54) is 22.0 Å². The Labute approximate surface area is 214 Å². The van der Waals surface area contributed by atoms with Crippen LogP contribution in [0.15, 0.2) is 115 Å². The third-order valence-electron chi connectivity index (χ3n) is 4.84. The van der Waals surface area contributed by atoms with Crippen molar-refractivity contribution < 1.29 is 31.2 Å². The molecule has 4 aromatic carbocycles. The number of benzene rings is 4. The summed E-state index contributed by atoms with van der Waals surface area (Å²) in [5, 5.41) is 1.42. The van der Waals surface area contributed by atoms with Gasteiger partial charge in [0.1, 0.15) is 5.75 Å². The zero-order valence-electron chi connectivity index (χ0n) is 19.3. The monoisotopic (exact) mass is 536 g/mol. The molecule has 0 heterocycles. The van der Waals surface area contributed by atoms with Gasteiger partial charge in [0.25, 0.3) is 0 Å². The molecule has 0 N–H and O–H groups in total. The van der Waals surface area contributed by atoms with Crippen LogP contribution in [0.3, 0.4) is 0 Å². The molecule has 0 amide bonds. The second-order valence-electron chi connectivity index (χ2n) is 7.29. The zero-order chi connectivity index (χ0) is 23.1. The lowest BCUT2D eigenvalue weighted by Gasteiger charge is -2.06. The predicted octanol–water partition coefficient (Wildman–Crippen LogP) is 3.22. The van der Waals surface area contributed by atoms with E-state index in [0.717, 1.165) is 6.16 Å². The highest BCUT2D eigenvalue weighted by molar-refractivity contribution is 7.46. The largest absolute Gasteiger partial charge is 1.00 e. The number of ether oxygens (including phenoxy) is 2. The van der Waals surface area contributed by atoms with E-state index in [9.17, 15) is 4.79 Å². The van der Waals surface area contributed by atoms with Crippen LogP contribution in [0.5, 0.6) is 5.75 Å². The number of rotatable bonds is 8. The van der Waals surface area contributed by atoms with Gasteiger partial charge >= 0.3 is 5.97 Å². The molecule has 1 unspecified atom stereocenters. The van der Waals surface area contributed by atoms with Crippen molar-refractivity contribution in [3.8, 4) is 16.9 Å². The van der Waals surface area contributed by atoms with E-state index in [0.29, 0.717) is 12.4 Å². The number of halogens is 1. The molecule has 0 aliphatic heterocycles. The summed E-state index contributed by atoms with van der Waals surface area (Å²) in [6.07, 6.45) is 1.07. The Hall–Kier alpha value is -2.94. The van der Waals surface area contributed by atoms with Gasteiger partial charge in [-0.3, -0.25) is 0 Å². The minimum Gasteiger partial charge on any atom is -1.00 e. The minimum absolute atomic E-state index is 0. The Morgan fingerprint density at radius 3 is 1.71 bits per heavy atom. The van der Waals surface area contributed by atoms with Crippen molar-refractivity contribution in [3.05, 3.63) is 121 Å². The Kier molecular flexibility index (Phi) is 12.7. The molecule has 1 atom stereocenters. The van der Waals surface area contributed by atoms with E-state index in [4.69, 9.17) is 9.47 Å².